The summed E-state index contributed by atoms with van der Waals surface area (Å²) in [5, 5.41) is 3.81. The molecular formula is C19H31NO. The number of benzene rings is 1. The summed E-state index contributed by atoms with van der Waals surface area (Å²) in [6.45, 7) is 11.2. The van der Waals surface area contributed by atoms with Gasteiger partial charge in [0.15, 0.2) is 0 Å². The van der Waals surface area contributed by atoms with E-state index in [9.17, 15) is 0 Å². The summed E-state index contributed by atoms with van der Waals surface area (Å²) in [6, 6.07) is 9.58. The van der Waals surface area contributed by atoms with Crippen LogP contribution in [0.25, 0.3) is 0 Å². The van der Waals surface area contributed by atoms with Gasteiger partial charge < -0.3 is 10.1 Å². The molecule has 0 amide bonds. The second-order valence-corrected chi connectivity index (χ2v) is 7.58. The fraction of sp³-hybridized carbons (Fsp3) is 0.684. The van der Waals surface area contributed by atoms with Gasteiger partial charge in [0.2, 0.25) is 0 Å². The minimum Gasteiger partial charge on any atom is -0.491 e. The molecule has 1 aliphatic rings. The van der Waals surface area contributed by atoms with Crippen molar-refractivity contribution in [1.82, 2.24) is 5.32 Å². The third-order valence-corrected chi connectivity index (χ3v) is 4.44. The van der Waals surface area contributed by atoms with Crippen molar-refractivity contribution < 1.29 is 4.74 Å². The van der Waals surface area contributed by atoms with Crippen LogP contribution in [0.4, 0.5) is 0 Å². The Morgan fingerprint density at radius 2 is 1.81 bits per heavy atom. The smallest absolute Gasteiger partial charge is 0.119 e. The molecule has 0 heterocycles. The van der Waals surface area contributed by atoms with E-state index in [0.29, 0.717) is 17.5 Å². The molecule has 21 heavy (non-hydrogen) atoms. The number of hydrogen-bond acceptors (Lipinski definition) is 2. The van der Waals surface area contributed by atoms with Crippen LogP contribution >= 0.6 is 0 Å². The molecule has 2 nitrogen and oxygen atoms in total. The minimum absolute atomic E-state index is 0.232. The molecule has 1 fully saturated rings. The Bertz CT molecular complexity index is 435. The first-order valence-electron chi connectivity index (χ1n) is 8.38. The van der Waals surface area contributed by atoms with Gasteiger partial charge in [-0.3, -0.25) is 0 Å². The second kappa shape index (κ2) is 6.83. The number of nitrogens with one attached hydrogen (secondary N) is 1. The third-order valence-electron chi connectivity index (χ3n) is 4.44. The van der Waals surface area contributed by atoms with Crippen LogP contribution in [0.2, 0.25) is 0 Å². The topological polar surface area (TPSA) is 21.3 Å². The molecule has 2 rings (SSSR count). The molecule has 0 bridgehead atoms. The van der Waals surface area contributed by atoms with Crippen molar-refractivity contribution in [2.45, 2.75) is 78.5 Å². The van der Waals surface area contributed by atoms with Gasteiger partial charge in [0.05, 0.1) is 6.10 Å². The van der Waals surface area contributed by atoms with E-state index < -0.39 is 0 Å². The molecule has 1 aliphatic carbocycles. The quantitative estimate of drug-likeness (QED) is 0.815. The molecule has 0 aromatic heterocycles. The van der Waals surface area contributed by atoms with Gasteiger partial charge in [-0.2, -0.15) is 0 Å². The molecule has 0 saturated heterocycles. The molecular weight excluding hydrogens is 258 g/mol. The van der Waals surface area contributed by atoms with Crippen molar-refractivity contribution >= 4 is 0 Å². The molecule has 1 N–H and O–H groups in total. The highest BCUT2D eigenvalue weighted by atomic mass is 16.5. The fourth-order valence-corrected chi connectivity index (χ4v) is 3.40. The molecule has 1 saturated carbocycles. The maximum Gasteiger partial charge on any atom is 0.119 e. The number of rotatable bonds is 5. The van der Waals surface area contributed by atoms with E-state index in [4.69, 9.17) is 4.74 Å². The average molecular weight is 289 g/mol. The average Bonchev–Trinajstić information content (AvgIpc) is 2.37. The lowest BCUT2D eigenvalue weighted by Gasteiger charge is -2.37. The molecule has 0 radical (unpaired) electrons. The van der Waals surface area contributed by atoms with E-state index >= 15 is 0 Å². The lowest BCUT2D eigenvalue weighted by atomic mass is 9.75. The number of hydrogen-bond donors (Lipinski definition) is 1. The van der Waals surface area contributed by atoms with Gasteiger partial charge in [0.25, 0.3) is 0 Å². The van der Waals surface area contributed by atoms with E-state index in [1.807, 2.05) is 0 Å². The summed E-state index contributed by atoms with van der Waals surface area (Å²) in [6.07, 6.45) is 5.53. The molecule has 0 aliphatic heterocycles. The summed E-state index contributed by atoms with van der Waals surface area (Å²) in [4.78, 5) is 0. The summed E-state index contributed by atoms with van der Waals surface area (Å²) < 4.78 is 5.71. The lowest BCUT2D eigenvalue weighted by molar-refractivity contribution is 0.191. The SMILES string of the molecule is CC(C)Oc1ccc(C(C)NC2CCCC(C)(C)C2)cc1. The Morgan fingerprint density at radius 1 is 1.14 bits per heavy atom. The minimum atomic E-state index is 0.232. The summed E-state index contributed by atoms with van der Waals surface area (Å²) in [5.74, 6) is 0.958. The van der Waals surface area contributed by atoms with Crippen molar-refractivity contribution in [3.63, 3.8) is 0 Å². The Labute approximate surface area is 130 Å². The van der Waals surface area contributed by atoms with E-state index in [0.717, 1.165) is 5.75 Å². The van der Waals surface area contributed by atoms with Crippen LogP contribution < -0.4 is 10.1 Å². The van der Waals surface area contributed by atoms with Gasteiger partial charge in [-0.1, -0.05) is 32.4 Å². The molecule has 0 spiro atoms. The van der Waals surface area contributed by atoms with Crippen molar-refractivity contribution in [2.24, 2.45) is 5.41 Å². The van der Waals surface area contributed by atoms with Crippen molar-refractivity contribution in [1.29, 1.82) is 0 Å². The highest BCUT2D eigenvalue weighted by Gasteiger charge is 2.28. The van der Waals surface area contributed by atoms with Gasteiger partial charge in [0, 0.05) is 12.1 Å². The molecule has 2 heteroatoms. The predicted octanol–water partition coefficient (Wildman–Crippen LogP) is 5.09. The van der Waals surface area contributed by atoms with Crippen LogP contribution in [-0.2, 0) is 0 Å². The first-order valence-corrected chi connectivity index (χ1v) is 8.38. The van der Waals surface area contributed by atoms with Crippen molar-refractivity contribution in [3.05, 3.63) is 29.8 Å². The molecule has 1 aromatic rings. The van der Waals surface area contributed by atoms with Crippen LogP contribution in [0.3, 0.4) is 0 Å². The van der Waals surface area contributed by atoms with Gasteiger partial charge in [-0.15, -0.1) is 0 Å². The second-order valence-electron chi connectivity index (χ2n) is 7.58. The highest BCUT2D eigenvalue weighted by molar-refractivity contribution is 5.29. The zero-order valence-corrected chi connectivity index (χ0v) is 14.3. The first kappa shape index (κ1) is 16.4. The molecule has 2 atom stereocenters. The summed E-state index contributed by atoms with van der Waals surface area (Å²) in [7, 11) is 0. The Kier molecular flexibility index (Phi) is 5.32. The van der Waals surface area contributed by atoms with Gasteiger partial charge in [-0.05, 0) is 63.1 Å². The Morgan fingerprint density at radius 3 is 2.38 bits per heavy atom. The summed E-state index contributed by atoms with van der Waals surface area (Å²) >= 11 is 0. The highest BCUT2D eigenvalue weighted by Crippen LogP contribution is 2.36. The first-order chi connectivity index (χ1) is 9.85. The van der Waals surface area contributed by atoms with Gasteiger partial charge in [-0.25, -0.2) is 0 Å². The van der Waals surface area contributed by atoms with E-state index in [-0.39, 0.29) is 6.10 Å². The zero-order valence-electron chi connectivity index (χ0n) is 14.3. The summed E-state index contributed by atoms with van der Waals surface area (Å²) in [5.41, 5.74) is 1.83. The monoisotopic (exact) mass is 289 g/mol. The predicted molar refractivity (Wildman–Crippen MR) is 89.8 cm³/mol. The largest absolute Gasteiger partial charge is 0.491 e. The van der Waals surface area contributed by atoms with Crippen LogP contribution in [0.1, 0.15) is 71.9 Å². The molecule has 1 aromatic carbocycles. The zero-order chi connectivity index (χ0) is 15.5. The third kappa shape index (κ3) is 5.03. The van der Waals surface area contributed by atoms with E-state index in [2.05, 4.69) is 64.2 Å². The van der Waals surface area contributed by atoms with Crippen LogP contribution in [0, 0.1) is 5.41 Å². The Balaban J connectivity index is 1.92. The van der Waals surface area contributed by atoms with Gasteiger partial charge in [0.1, 0.15) is 5.75 Å². The van der Waals surface area contributed by atoms with E-state index in [1.165, 1.54) is 31.2 Å². The van der Waals surface area contributed by atoms with Gasteiger partial charge >= 0.3 is 0 Å². The lowest BCUT2D eigenvalue weighted by Crippen LogP contribution is -2.38. The molecule has 2 unspecified atom stereocenters. The molecule has 118 valence electrons. The maximum absolute atomic E-state index is 5.71. The number of ether oxygens (including phenoxy) is 1. The van der Waals surface area contributed by atoms with E-state index in [1.54, 1.807) is 0 Å². The normalized spacial score (nSPS) is 23.0. The maximum atomic E-state index is 5.71. The van der Waals surface area contributed by atoms with Crippen molar-refractivity contribution in [2.75, 3.05) is 0 Å². The van der Waals surface area contributed by atoms with Crippen LogP contribution in [0.5, 0.6) is 5.75 Å². The Hall–Kier alpha value is -1.02. The standard InChI is InChI=1S/C19H31NO/c1-14(2)21-18-10-8-16(9-11-18)15(3)20-17-7-6-12-19(4,5)13-17/h8-11,14-15,17,20H,6-7,12-13H2,1-5H3. The van der Waals surface area contributed by atoms with Crippen molar-refractivity contribution in [3.8, 4) is 5.75 Å². The fourth-order valence-electron chi connectivity index (χ4n) is 3.40. The van der Waals surface area contributed by atoms with Crippen LogP contribution in [0.15, 0.2) is 24.3 Å². The van der Waals surface area contributed by atoms with Crippen LogP contribution in [-0.4, -0.2) is 12.1 Å².